The summed E-state index contributed by atoms with van der Waals surface area (Å²) in [6, 6.07) is 0. The number of rotatable bonds is 3. The lowest BCUT2D eigenvalue weighted by Gasteiger charge is -2.40. The van der Waals surface area contributed by atoms with Gasteiger partial charge in [0.2, 0.25) is 11.3 Å². The van der Waals surface area contributed by atoms with Crippen LogP contribution in [0.5, 0.6) is 0 Å². The molecule has 60 valence electrons. The average Bonchev–Trinajstić information content (AvgIpc) is 1.78. The van der Waals surface area contributed by atoms with Gasteiger partial charge in [-0.2, -0.15) is 0 Å². The quantitative estimate of drug-likeness (QED) is 0.611. The molecule has 1 aliphatic rings. The fraction of sp³-hybridized carbons (Fsp3) is 1.00. The molecule has 0 saturated heterocycles. The Morgan fingerprint density at radius 2 is 2.30 bits per heavy atom. The normalized spacial score (nSPS) is 25.4. The van der Waals surface area contributed by atoms with E-state index in [1.54, 1.807) is 0 Å². The van der Waals surface area contributed by atoms with E-state index in [9.17, 15) is 4.21 Å². The summed E-state index contributed by atoms with van der Waals surface area (Å²) in [6.45, 7) is 2.04. The maximum atomic E-state index is 10.4. The molecule has 0 aromatic rings. The van der Waals surface area contributed by atoms with E-state index >= 15 is 0 Å². The topological polar surface area (TPSA) is 49.3 Å². The lowest BCUT2D eigenvalue weighted by atomic mass is 9.76. The predicted molar refractivity (Wildman–Crippen MR) is 40.8 cm³/mol. The molecule has 0 aromatic carbocycles. The van der Waals surface area contributed by atoms with E-state index in [1.165, 1.54) is 6.42 Å². The van der Waals surface area contributed by atoms with Crippen LogP contribution in [0.4, 0.5) is 0 Å². The number of hydrogen-bond donors (Lipinski definition) is 2. The van der Waals surface area contributed by atoms with Crippen molar-refractivity contribution in [2.24, 2.45) is 0 Å². The molecule has 4 heteroatoms. The molecule has 0 spiro atoms. The highest BCUT2D eigenvalue weighted by Crippen LogP contribution is 2.34. The van der Waals surface area contributed by atoms with E-state index in [0.29, 0.717) is 0 Å². The van der Waals surface area contributed by atoms with E-state index < -0.39 is 11.3 Å². The summed E-state index contributed by atoms with van der Waals surface area (Å²) < 4.78 is 21.6. The van der Waals surface area contributed by atoms with Crippen LogP contribution in [0.15, 0.2) is 0 Å². The van der Waals surface area contributed by atoms with Crippen molar-refractivity contribution >= 4 is 11.3 Å². The van der Waals surface area contributed by atoms with Crippen LogP contribution >= 0.6 is 0 Å². The molecule has 0 amide bonds. The first-order chi connectivity index (χ1) is 4.68. The molecule has 0 heterocycles. The Hall–Kier alpha value is 0.0700. The fourth-order valence-electron chi connectivity index (χ4n) is 1.32. The van der Waals surface area contributed by atoms with Crippen molar-refractivity contribution in [3.8, 4) is 0 Å². The molecule has 0 radical (unpaired) electrons. The van der Waals surface area contributed by atoms with E-state index in [-0.39, 0.29) is 5.54 Å². The lowest BCUT2D eigenvalue weighted by Crippen LogP contribution is -2.50. The minimum atomic E-state index is -1.83. The number of hydrogen-bond acceptors (Lipinski definition) is 1. The van der Waals surface area contributed by atoms with Gasteiger partial charge in [0.25, 0.3) is 0 Å². The molecule has 1 saturated carbocycles. The summed E-state index contributed by atoms with van der Waals surface area (Å²) in [5.41, 5.74) is -0.0143. The van der Waals surface area contributed by atoms with E-state index in [2.05, 4.69) is 4.72 Å². The third kappa shape index (κ3) is 1.56. The summed E-state index contributed by atoms with van der Waals surface area (Å²) in [7, 11) is 0. The second kappa shape index (κ2) is 2.98. The van der Waals surface area contributed by atoms with Crippen LogP contribution in [0.3, 0.4) is 0 Å². The van der Waals surface area contributed by atoms with E-state index in [4.69, 9.17) is 4.55 Å². The van der Waals surface area contributed by atoms with Gasteiger partial charge in [-0.05, 0) is 25.7 Å². The lowest BCUT2D eigenvalue weighted by molar-refractivity contribution is 0.212. The van der Waals surface area contributed by atoms with Crippen LogP contribution in [0, 0.1) is 0 Å². The van der Waals surface area contributed by atoms with Crippen molar-refractivity contribution in [3.63, 3.8) is 0 Å². The molecule has 3 nitrogen and oxygen atoms in total. The first-order valence-corrected chi connectivity index (χ1v) is 4.68. The van der Waals surface area contributed by atoms with Crippen LogP contribution in [0.25, 0.3) is 0 Å². The van der Waals surface area contributed by atoms with Gasteiger partial charge >= 0.3 is 0 Å². The zero-order valence-corrected chi connectivity index (χ0v) is 6.91. The Kier molecular flexibility index (Phi) is 2.44. The molecule has 10 heavy (non-hydrogen) atoms. The molecule has 0 aliphatic heterocycles. The minimum absolute atomic E-state index is 0.0143. The zero-order chi connectivity index (χ0) is 7.61. The standard InChI is InChI=1S/C6H13NO2S/c1-2-6(4-3-5-6)7-10(8)9/h7H,2-5H2,1H3,(H,8,9). The molecule has 0 aromatic heterocycles. The van der Waals surface area contributed by atoms with Crippen molar-refractivity contribution in [3.05, 3.63) is 0 Å². The second-order valence-corrected chi connectivity index (χ2v) is 3.54. The van der Waals surface area contributed by atoms with Crippen LogP contribution in [-0.4, -0.2) is 14.3 Å². The monoisotopic (exact) mass is 163 g/mol. The Morgan fingerprint density at radius 3 is 2.40 bits per heavy atom. The first-order valence-electron chi connectivity index (χ1n) is 3.57. The van der Waals surface area contributed by atoms with Gasteiger partial charge in [-0.3, -0.25) is 4.55 Å². The summed E-state index contributed by atoms with van der Waals surface area (Å²) in [6.07, 6.45) is 4.20. The van der Waals surface area contributed by atoms with Gasteiger partial charge in [-0.1, -0.05) is 6.92 Å². The molecule has 1 atom stereocenters. The Morgan fingerprint density at radius 1 is 1.70 bits per heavy atom. The number of nitrogens with one attached hydrogen (secondary N) is 1. The molecule has 1 fully saturated rings. The second-order valence-electron chi connectivity index (χ2n) is 2.84. The van der Waals surface area contributed by atoms with Crippen LogP contribution in [0.1, 0.15) is 32.6 Å². The van der Waals surface area contributed by atoms with Crippen molar-refractivity contribution < 1.29 is 8.76 Å². The van der Waals surface area contributed by atoms with Crippen molar-refractivity contribution in [1.29, 1.82) is 0 Å². The first kappa shape index (κ1) is 8.17. The molecule has 1 aliphatic carbocycles. The predicted octanol–water partition coefficient (Wildman–Crippen LogP) is 1.05. The largest absolute Gasteiger partial charge is 0.294 e. The Bertz CT molecular complexity index is 139. The summed E-state index contributed by atoms with van der Waals surface area (Å²) in [5.74, 6) is 0. The van der Waals surface area contributed by atoms with Crippen molar-refractivity contribution in [2.75, 3.05) is 0 Å². The van der Waals surface area contributed by atoms with Gasteiger partial charge in [0.15, 0.2) is 0 Å². The summed E-state index contributed by atoms with van der Waals surface area (Å²) in [5, 5.41) is 0. The molecular weight excluding hydrogens is 150 g/mol. The van der Waals surface area contributed by atoms with Gasteiger partial charge < -0.3 is 0 Å². The van der Waals surface area contributed by atoms with Gasteiger partial charge in [0, 0.05) is 5.54 Å². The van der Waals surface area contributed by atoms with Gasteiger partial charge in [-0.25, -0.2) is 8.93 Å². The Labute approximate surface area is 63.6 Å². The SMILES string of the molecule is CCC1(NS(=O)O)CCC1. The highest BCUT2D eigenvalue weighted by Gasteiger charge is 2.36. The highest BCUT2D eigenvalue weighted by atomic mass is 32.2. The van der Waals surface area contributed by atoms with Crippen LogP contribution in [-0.2, 0) is 11.3 Å². The maximum Gasteiger partial charge on any atom is 0.232 e. The average molecular weight is 163 g/mol. The molecule has 1 unspecified atom stereocenters. The van der Waals surface area contributed by atoms with Crippen molar-refractivity contribution in [1.82, 2.24) is 4.72 Å². The van der Waals surface area contributed by atoms with E-state index in [0.717, 1.165) is 19.3 Å². The minimum Gasteiger partial charge on any atom is -0.294 e. The van der Waals surface area contributed by atoms with Crippen LogP contribution in [0.2, 0.25) is 0 Å². The maximum absolute atomic E-state index is 10.4. The molecular formula is C6H13NO2S. The highest BCUT2D eigenvalue weighted by molar-refractivity contribution is 7.77. The zero-order valence-electron chi connectivity index (χ0n) is 6.09. The molecule has 1 rings (SSSR count). The summed E-state index contributed by atoms with van der Waals surface area (Å²) in [4.78, 5) is 0. The van der Waals surface area contributed by atoms with Crippen molar-refractivity contribution in [2.45, 2.75) is 38.1 Å². The molecule has 0 bridgehead atoms. The van der Waals surface area contributed by atoms with E-state index in [1.807, 2.05) is 6.92 Å². The third-order valence-electron chi connectivity index (χ3n) is 2.29. The third-order valence-corrected chi connectivity index (χ3v) is 2.90. The van der Waals surface area contributed by atoms with Crippen LogP contribution < -0.4 is 4.72 Å². The van der Waals surface area contributed by atoms with Gasteiger partial charge in [-0.15, -0.1) is 0 Å². The van der Waals surface area contributed by atoms with Gasteiger partial charge in [0.1, 0.15) is 0 Å². The fourth-order valence-corrected chi connectivity index (χ4v) is 2.04. The summed E-state index contributed by atoms with van der Waals surface area (Å²) >= 11 is -1.83. The van der Waals surface area contributed by atoms with Gasteiger partial charge in [0.05, 0.1) is 0 Å². The Balaban J connectivity index is 2.40. The molecule has 2 N–H and O–H groups in total. The smallest absolute Gasteiger partial charge is 0.232 e.